The molecular weight excluding hydrogens is 323 g/mol. The number of nitrogens with zero attached hydrogens (tertiary/aromatic N) is 4. The maximum Gasteiger partial charge on any atom is 0.257 e. The molecule has 2 aromatic rings. The fourth-order valence-electron chi connectivity index (χ4n) is 3.74. The van der Waals surface area contributed by atoms with Crippen LogP contribution in [0, 0.1) is 12.7 Å². The van der Waals surface area contributed by atoms with Crippen LogP contribution in [0.1, 0.15) is 32.7 Å². The van der Waals surface area contributed by atoms with Gasteiger partial charge in [-0.05, 0) is 25.0 Å². The molecule has 2 fully saturated rings. The Kier molecular flexibility index (Phi) is 3.42. The molecule has 1 aromatic carbocycles. The summed E-state index contributed by atoms with van der Waals surface area (Å²) >= 11 is 0. The molecule has 2 amide bonds. The number of aryl methyl sites for hydroxylation is 2. The van der Waals surface area contributed by atoms with Crippen molar-refractivity contribution in [1.29, 1.82) is 0 Å². The van der Waals surface area contributed by atoms with Crippen molar-refractivity contribution in [3.63, 3.8) is 0 Å². The molecule has 0 atom stereocenters. The van der Waals surface area contributed by atoms with E-state index in [4.69, 9.17) is 0 Å². The van der Waals surface area contributed by atoms with Crippen LogP contribution in [0.15, 0.2) is 30.6 Å². The van der Waals surface area contributed by atoms with Gasteiger partial charge in [0.05, 0.1) is 22.9 Å². The molecule has 0 unspecified atom stereocenters. The maximum absolute atomic E-state index is 14.0. The fourth-order valence-corrected chi connectivity index (χ4v) is 3.74. The minimum atomic E-state index is -0.497. The lowest BCUT2D eigenvalue weighted by Crippen LogP contribution is -2.78. The Labute approximate surface area is 144 Å². The van der Waals surface area contributed by atoms with Crippen molar-refractivity contribution in [3.8, 4) is 0 Å². The van der Waals surface area contributed by atoms with Gasteiger partial charge in [0.15, 0.2) is 0 Å². The van der Waals surface area contributed by atoms with Crippen LogP contribution in [0.4, 0.5) is 4.39 Å². The summed E-state index contributed by atoms with van der Waals surface area (Å²) in [5, 5.41) is 4.04. The Morgan fingerprint density at radius 1 is 1.24 bits per heavy atom. The zero-order valence-corrected chi connectivity index (χ0v) is 14.2. The second-order valence-corrected chi connectivity index (χ2v) is 6.93. The third kappa shape index (κ3) is 2.33. The summed E-state index contributed by atoms with van der Waals surface area (Å²) in [5.41, 5.74) is 1.00. The summed E-state index contributed by atoms with van der Waals surface area (Å²) in [7, 11) is 1.77. The molecule has 25 heavy (non-hydrogen) atoms. The van der Waals surface area contributed by atoms with Gasteiger partial charge in [0.1, 0.15) is 5.82 Å². The molecule has 1 spiro atoms. The average Bonchev–Trinajstić information content (AvgIpc) is 2.91. The van der Waals surface area contributed by atoms with Crippen molar-refractivity contribution < 1.29 is 14.0 Å². The molecule has 0 bridgehead atoms. The highest BCUT2D eigenvalue weighted by Crippen LogP contribution is 2.40. The fraction of sp³-hybridized carbons (Fsp3) is 0.389. The number of carbonyl (C=O) groups excluding carboxylic acids is 2. The van der Waals surface area contributed by atoms with Gasteiger partial charge in [-0.15, -0.1) is 0 Å². The topological polar surface area (TPSA) is 58.4 Å². The molecule has 7 heteroatoms. The summed E-state index contributed by atoms with van der Waals surface area (Å²) in [5.74, 6) is -0.863. The van der Waals surface area contributed by atoms with Gasteiger partial charge < -0.3 is 9.80 Å². The smallest absolute Gasteiger partial charge is 0.257 e. The number of rotatable bonds is 2. The normalized spacial score (nSPS) is 18.0. The quantitative estimate of drug-likeness (QED) is 0.833. The predicted molar refractivity (Wildman–Crippen MR) is 88.6 cm³/mol. The molecule has 4 rings (SSSR count). The first kappa shape index (κ1) is 15.8. The third-order valence-corrected chi connectivity index (χ3v) is 5.26. The van der Waals surface area contributed by atoms with Crippen LogP contribution in [0.25, 0.3) is 0 Å². The van der Waals surface area contributed by atoms with Crippen LogP contribution in [0.2, 0.25) is 0 Å². The van der Waals surface area contributed by atoms with Crippen molar-refractivity contribution in [1.82, 2.24) is 19.6 Å². The van der Waals surface area contributed by atoms with Crippen LogP contribution in [-0.2, 0) is 7.05 Å². The van der Waals surface area contributed by atoms with E-state index in [0.717, 1.165) is 6.42 Å². The van der Waals surface area contributed by atoms with E-state index < -0.39 is 5.82 Å². The van der Waals surface area contributed by atoms with E-state index in [0.29, 0.717) is 30.8 Å². The largest absolute Gasteiger partial charge is 0.334 e. The summed E-state index contributed by atoms with van der Waals surface area (Å²) in [6, 6.07) is 4.63. The molecule has 2 aliphatic rings. The number of hydrogen-bond acceptors (Lipinski definition) is 3. The van der Waals surface area contributed by atoms with Gasteiger partial charge >= 0.3 is 0 Å². The number of amides is 2. The molecule has 0 aliphatic carbocycles. The lowest BCUT2D eigenvalue weighted by atomic mass is 9.76. The molecule has 0 radical (unpaired) electrons. The number of aromatic nitrogens is 2. The maximum atomic E-state index is 14.0. The summed E-state index contributed by atoms with van der Waals surface area (Å²) in [6.45, 7) is 3.30. The molecule has 0 N–H and O–H groups in total. The minimum Gasteiger partial charge on any atom is -0.334 e. The second-order valence-electron chi connectivity index (χ2n) is 6.93. The molecular formula is C18H19FN4O2. The zero-order chi connectivity index (χ0) is 17.8. The van der Waals surface area contributed by atoms with E-state index >= 15 is 0 Å². The zero-order valence-electron chi connectivity index (χ0n) is 14.2. The highest BCUT2D eigenvalue weighted by molar-refractivity contribution is 5.98. The van der Waals surface area contributed by atoms with E-state index in [1.165, 1.54) is 6.07 Å². The second kappa shape index (κ2) is 5.40. The van der Waals surface area contributed by atoms with Crippen LogP contribution in [0.5, 0.6) is 0 Å². The molecule has 2 aliphatic heterocycles. The van der Waals surface area contributed by atoms with Gasteiger partial charge in [-0.3, -0.25) is 14.3 Å². The van der Waals surface area contributed by atoms with Gasteiger partial charge in [0.2, 0.25) is 0 Å². The summed E-state index contributed by atoms with van der Waals surface area (Å²) in [4.78, 5) is 28.7. The van der Waals surface area contributed by atoms with E-state index in [2.05, 4.69) is 5.10 Å². The van der Waals surface area contributed by atoms with Crippen molar-refractivity contribution in [3.05, 3.63) is 53.1 Å². The first-order valence-corrected chi connectivity index (χ1v) is 8.26. The summed E-state index contributed by atoms with van der Waals surface area (Å²) < 4.78 is 15.6. The molecule has 1 aromatic heterocycles. The molecule has 3 heterocycles. The Morgan fingerprint density at radius 2 is 2.00 bits per heavy atom. The number of hydrogen-bond donors (Lipinski definition) is 0. The van der Waals surface area contributed by atoms with Crippen molar-refractivity contribution in [2.45, 2.75) is 18.9 Å². The lowest BCUT2D eigenvalue weighted by molar-refractivity contribution is -0.0849. The monoisotopic (exact) mass is 342 g/mol. The Balaban J connectivity index is 1.48. The number of benzene rings is 1. The standard InChI is InChI=1S/C18H19FN4O2/c1-12-4-3-5-14(19)15(12)17(25)22-10-18(11-22)6-7-23(18)16(24)13-8-20-21(2)9-13/h3-5,8-9H,6-7,10-11H2,1-2H3. The van der Waals surface area contributed by atoms with E-state index in [9.17, 15) is 14.0 Å². The van der Waals surface area contributed by atoms with Gasteiger partial charge in [-0.1, -0.05) is 12.1 Å². The van der Waals surface area contributed by atoms with Gasteiger partial charge in [-0.2, -0.15) is 5.10 Å². The Bertz CT molecular complexity index is 849. The van der Waals surface area contributed by atoms with Gasteiger partial charge in [-0.25, -0.2) is 4.39 Å². The highest BCUT2D eigenvalue weighted by atomic mass is 19.1. The van der Waals surface area contributed by atoms with E-state index in [1.54, 1.807) is 48.1 Å². The predicted octanol–water partition coefficient (Wildman–Crippen LogP) is 1.61. The highest BCUT2D eigenvalue weighted by Gasteiger charge is 2.57. The first-order chi connectivity index (χ1) is 11.9. The van der Waals surface area contributed by atoms with Crippen LogP contribution < -0.4 is 0 Å². The van der Waals surface area contributed by atoms with Crippen molar-refractivity contribution >= 4 is 11.8 Å². The number of halogens is 1. The van der Waals surface area contributed by atoms with Crippen LogP contribution in [-0.4, -0.2) is 56.6 Å². The van der Waals surface area contributed by atoms with E-state index in [-0.39, 0.29) is 22.9 Å². The molecule has 0 saturated carbocycles. The lowest BCUT2D eigenvalue weighted by Gasteiger charge is -2.62. The van der Waals surface area contributed by atoms with Crippen molar-refractivity contribution in [2.24, 2.45) is 7.05 Å². The van der Waals surface area contributed by atoms with Gasteiger partial charge in [0, 0.05) is 32.9 Å². The third-order valence-electron chi connectivity index (χ3n) is 5.26. The SMILES string of the molecule is Cc1cccc(F)c1C(=O)N1CC2(CCN2C(=O)c2cnn(C)c2)C1. The molecule has 130 valence electrons. The number of likely N-dealkylation sites (tertiary alicyclic amines) is 2. The average molecular weight is 342 g/mol. The van der Waals surface area contributed by atoms with Crippen molar-refractivity contribution in [2.75, 3.05) is 19.6 Å². The Hall–Kier alpha value is -2.70. The molecule has 6 nitrogen and oxygen atoms in total. The van der Waals surface area contributed by atoms with Crippen LogP contribution >= 0.6 is 0 Å². The summed E-state index contributed by atoms with van der Waals surface area (Å²) in [6.07, 6.45) is 4.11. The van der Waals surface area contributed by atoms with E-state index in [1.807, 2.05) is 4.90 Å². The Morgan fingerprint density at radius 3 is 2.56 bits per heavy atom. The molecule has 2 saturated heterocycles. The number of carbonyl (C=O) groups is 2. The van der Waals surface area contributed by atoms with Crippen LogP contribution in [0.3, 0.4) is 0 Å². The minimum absolute atomic E-state index is 0.0616. The van der Waals surface area contributed by atoms with Gasteiger partial charge in [0.25, 0.3) is 11.8 Å². The first-order valence-electron chi connectivity index (χ1n) is 8.26.